The van der Waals surface area contributed by atoms with E-state index in [0.717, 1.165) is 60.6 Å². The smallest absolute Gasteiger partial charge is 0.249 e. The van der Waals surface area contributed by atoms with Gasteiger partial charge in [-0.1, -0.05) is 6.07 Å². The lowest BCUT2D eigenvalue weighted by Gasteiger charge is -2.34. The molecule has 3 aromatic rings. The SMILES string of the molecule is CC(=O)NN1CCN(CCOc2ccc(-c3cc4c(C(N)=O)cccc4[nH]3)cc2)CC1. The van der Waals surface area contributed by atoms with Gasteiger partial charge >= 0.3 is 0 Å². The summed E-state index contributed by atoms with van der Waals surface area (Å²) in [6.45, 7) is 6.41. The van der Waals surface area contributed by atoms with Crippen molar-refractivity contribution in [3.05, 3.63) is 54.1 Å². The second-order valence-corrected chi connectivity index (χ2v) is 7.68. The van der Waals surface area contributed by atoms with Crippen molar-refractivity contribution >= 4 is 22.7 Å². The Hall–Kier alpha value is -3.36. The van der Waals surface area contributed by atoms with Gasteiger partial charge in [0.25, 0.3) is 0 Å². The van der Waals surface area contributed by atoms with Gasteiger partial charge in [-0.05, 0) is 48.0 Å². The number of aromatic nitrogens is 1. The van der Waals surface area contributed by atoms with Crippen LogP contribution in [0.1, 0.15) is 17.3 Å². The number of nitrogens with zero attached hydrogens (tertiary/aromatic N) is 2. The number of ether oxygens (including phenoxy) is 1. The number of nitrogens with one attached hydrogen (secondary N) is 2. The van der Waals surface area contributed by atoms with E-state index in [1.165, 1.54) is 6.92 Å². The van der Waals surface area contributed by atoms with Gasteiger partial charge in [0.1, 0.15) is 12.4 Å². The largest absolute Gasteiger partial charge is 0.492 e. The lowest BCUT2D eigenvalue weighted by atomic mass is 10.1. The predicted octanol–water partition coefficient (Wildman–Crippen LogP) is 1.98. The second kappa shape index (κ2) is 9.20. The van der Waals surface area contributed by atoms with Crippen LogP contribution in [0.2, 0.25) is 0 Å². The van der Waals surface area contributed by atoms with Crippen molar-refractivity contribution in [2.75, 3.05) is 39.3 Å². The number of benzene rings is 2. The zero-order valence-corrected chi connectivity index (χ0v) is 17.6. The van der Waals surface area contributed by atoms with E-state index in [0.29, 0.717) is 12.2 Å². The van der Waals surface area contributed by atoms with Gasteiger partial charge in [-0.25, -0.2) is 5.01 Å². The highest BCUT2D eigenvalue weighted by molar-refractivity contribution is 6.06. The number of piperazine rings is 1. The van der Waals surface area contributed by atoms with E-state index >= 15 is 0 Å². The van der Waals surface area contributed by atoms with Crippen LogP contribution in [0.3, 0.4) is 0 Å². The van der Waals surface area contributed by atoms with E-state index in [1.807, 2.05) is 47.5 Å². The third-order valence-electron chi connectivity index (χ3n) is 5.46. The van der Waals surface area contributed by atoms with Crippen molar-refractivity contribution < 1.29 is 14.3 Å². The molecule has 2 heterocycles. The summed E-state index contributed by atoms with van der Waals surface area (Å²) in [5, 5.41) is 2.78. The van der Waals surface area contributed by atoms with Crippen LogP contribution < -0.4 is 15.9 Å². The average Bonchev–Trinajstić information content (AvgIpc) is 3.19. The number of hydrogen-bond donors (Lipinski definition) is 3. The van der Waals surface area contributed by atoms with Crippen LogP contribution >= 0.6 is 0 Å². The summed E-state index contributed by atoms with van der Waals surface area (Å²) in [5.41, 5.74) is 11.6. The van der Waals surface area contributed by atoms with E-state index < -0.39 is 5.91 Å². The van der Waals surface area contributed by atoms with Crippen LogP contribution in [0.15, 0.2) is 48.5 Å². The second-order valence-electron chi connectivity index (χ2n) is 7.68. The van der Waals surface area contributed by atoms with Crippen molar-refractivity contribution in [2.24, 2.45) is 5.73 Å². The van der Waals surface area contributed by atoms with Crippen molar-refractivity contribution in [1.29, 1.82) is 0 Å². The maximum Gasteiger partial charge on any atom is 0.249 e. The molecule has 1 fully saturated rings. The maximum atomic E-state index is 11.6. The van der Waals surface area contributed by atoms with Crippen LogP contribution in [-0.4, -0.2) is 66.0 Å². The summed E-state index contributed by atoms with van der Waals surface area (Å²) in [4.78, 5) is 28.4. The normalized spacial score (nSPS) is 15.1. The van der Waals surface area contributed by atoms with Crippen LogP contribution in [0.4, 0.5) is 0 Å². The molecule has 0 spiro atoms. The van der Waals surface area contributed by atoms with Gasteiger partial charge in [0.05, 0.1) is 0 Å². The fourth-order valence-electron chi connectivity index (χ4n) is 3.85. The molecular formula is C23H27N5O3. The number of rotatable bonds is 7. The summed E-state index contributed by atoms with van der Waals surface area (Å²) in [6, 6.07) is 15.3. The molecule has 0 saturated carbocycles. The van der Waals surface area contributed by atoms with Crippen molar-refractivity contribution in [1.82, 2.24) is 20.3 Å². The third kappa shape index (κ3) is 5.04. The zero-order chi connectivity index (χ0) is 21.8. The molecule has 8 heteroatoms. The summed E-state index contributed by atoms with van der Waals surface area (Å²) < 4.78 is 5.90. The van der Waals surface area contributed by atoms with Gasteiger partial charge in [0.15, 0.2) is 0 Å². The van der Waals surface area contributed by atoms with E-state index in [2.05, 4.69) is 15.3 Å². The third-order valence-corrected chi connectivity index (χ3v) is 5.46. The standard InChI is InChI=1S/C23H27N5O3/c1-16(29)26-28-11-9-27(10-12-28)13-14-31-18-7-5-17(6-8-18)22-15-20-19(23(24)30)3-2-4-21(20)25-22/h2-8,15,25H,9-14H2,1H3,(H2,24,30)(H,26,29). The molecule has 0 aliphatic carbocycles. The van der Waals surface area contributed by atoms with E-state index in [9.17, 15) is 9.59 Å². The lowest BCUT2D eigenvalue weighted by molar-refractivity contribution is -0.124. The molecule has 31 heavy (non-hydrogen) atoms. The summed E-state index contributed by atoms with van der Waals surface area (Å²) >= 11 is 0. The monoisotopic (exact) mass is 421 g/mol. The van der Waals surface area contributed by atoms with Crippen molar-refractivity contribution in [3.8, 4) is 17.0 Å². The van der Waals surface area contributed by atoms with Crippen LogP contribution in [0.25, 0.3) is 22.2 Å². The molecule has 1 aliphatic rings. The molecule has 2 amide bonds. The molecule has 1 aromatic heterocycles. The zero-order valence-electron chi connectivity index (χ0n) is 17.6. The molecule has 1 aliphatic heterocycles. The number of amides is 2. The van der Waals surface area contributed by atoms with Crippen LogP contribution in [0, 0.1) is 0 Å². The highest BCUT2D eigenvalue weighted by atomic mass is 16.5. The number of fused-ring (bicyclic) bond motifs is 1. The fourth-order valence-corrected chi connectivity index (χ4v) is 3.85. The topological polar surface area (TPSA) is 104 Å². The minimum atomic E-state index is -0.434. The Labute approximate surface area is 180 Å². The van der Waals surface area contributed by atoms with E-state index in [1.54, 1.807) is 6.07 Å². The Morgan fingerprint density at radius 1 is 1.10 bits per heavy atom. The minimum Gasteiger partial charge on any atom is -0.492 e. The first-order chi connectivity index (χ1) is 15.0. The van der Waals surface area contributed by atoms with Gasteiger partial charge in [-0.3, -0.25) is 19.9 Å². The number of H-pyrrole nitrogens is 1. The Kier molecular flexibility index (Phi) is 6.20. The maximum absolute atomic E-state index is 11.6. The highest BCUT2D eigenvalue weighted by Gasteiger charge is 2.17. The molecular weight excluding hydrogens is 394 g/mol. The van der Waals surface area contributed by atoms with Crippen LogP contribution in [-0.2, 0) is 4.79 Å². The quantitative estimate of drug-likeness (QED) is 0.541. The summed E-state index contributed by atoms with van der Waals surface area (Å²) in [6.07, 6.45) is 0. The first-order valence-corrected chi connectivity index (χ1v) is 10.4. The van der Waals surface area contributed by atoms with Gasteiger partial charge < -0.3 is 15.5 Å². The molecule has 2 aromatic carbocycles. The predicted molar refractivity (Wildman–Crippen MR) is 120 cm³/mol. The molecule has 0 atom stereocenters. The molecule has 0 bridgehead atoms. The van der Waals surface area contributed by atoms with Gasteiger partial charge in [-0.15, -0.1) is 0 Å². The highest BCUT2D eigenvalue weighted by Crippen LogP contribution is 2.27. The Morgan fingerprint density at radius 3 is 2.52 bits per heavy atom. The fraction of sp³-hybridized carbons (Fsp3) is 0.304. The number of carbonyl (C=O) groups is 2. The van der Waals surface area contributed by atoms with Crippen molar-refractivity contribution in [3.63, 3.8) is 0 Å². The minimum absolute atomic E-state index is 0.0269. The van der Waals surface area contributed by atoms with E-state index in [4.69, 9.17) is 10.5 Å². The molecule has 4 N–H and O–H groups in total. The van der Waals surface area contributed by atoms with Crippen molar-refractivity contribution in [2.45, 2.75) is 6.92 Å². The number of hydrazine groups is 1. The number of aromatic amines is 1. The summed E-state index contributed by atoms with van der Waals surface area (Å²) in [5.74, 6) is 0.354. The number of carbonyl (C=O) groups excluding carboxylic acids is 2. The van der Waals surface area contributed by atoms with Gasteiger partial charge in [0, 0.05) is 61.8 Å². The number of nitrogens with two attached hydrogens (primary N) is 1. The molecule has 162 valence electrons. The Morgan fingerprint density at radius 2 is 1.84 bits per heavy atom. The Bertz CT molecular complexity index is 1070. The van der Waals surface area contributed by atoms with E-state index in [-0.39, 0.29) is 5.91 Å². The molecule has 4 rings (SSSR count). The average molecular weight is 422 g/mol. The molecule has 0 radical (unpaired) electrons. The first-order valence-electron chi connectivity index (χ1n) is 10.4. The van der Waals surface area contributed by atoms with Gasteiger partial charge in [-0.2, -0.15) is 0 Å². The van der Waals surface area contributed by atoms with Crippen LogP contribution in [0.5, 0.6) is 5.75 Å². The molecule has 8 nitrogen and oxygen atoms in total. The number of hydrogen-bond acceptors (Lipinski definition) is 5. The Balaban J connectivity index is 1.31. The lowest BCUT2D eigenvalue weighted by Crippen LogP contribution is -2.53. The summed E-state index contributed by atoms with van der Waals surface area (Å²) in [7, 11) is 0. The molecule has 1 saturated heterocycles. The van der Waals surface area contributed by atoms with Gasteiger partial charge in [0.2, 0.25) is 11.8 Å². The molecule has 0 unspecified atom stereocenters. The first kappa shape index (κ1) is 20.9. The number of primary amides is 1.